The molecule has 1 aromatic carbocycles. The fourth-order valence-corrected chi connectivity index (χ4v) is 6.68. The highest BCUT2D eigenvalue weighted by molar-refractivity contribution is 6.24. The molecule has 0 unspecified atom stereocenters. The van der Waals surface area contributed by atoms with Crippen molar-refractivity contribution >= 4 is 28.9 Å². The normalized spacial score (nSPS) is 26.5. The van der Waals surface area contributed by atoms with Gasteiger partial charge in [0.05, 0.1) is 11.6 Å². The molecule has 1 aromatic rings. The first-order valence-electron chi connectivity index (χ1n) is 13.5. The zero-order valence-electron chi connectivity index (χ0n) is 23.2. The van der Waals surface area contributed by atoms with Gasteiger partial charge in [0.15, 0.2) is 11.4 Å². The molecule has 0 bridgehead atoms. The summed E-state index contributed by atoms with van der Waals surface area (Å²) in [6.07, 6.45) is 4.90. The molecule has 39 heavy (non-hydrogen) atoms. The number of aliphatic hydroxyl groups is 3. The standard InChI is InChI=1S/C29H39N3O7/c1-6-7-8-9-10-14-13-18(31(2)3)16-11-15-12-17-22(32(4)5)25(35)21(28(30)38)27(37)29(17,39)26(36)19(15)24(34)20(16)23(14)33/h13,15,17,22,33-34,37,39H,6-12H2,1-5H3,(H2,30,38)/t15-,17-,22+,29-/m0/s1. The quantitative estimate of drug-likeness (QED) is 0.245. The number of unbranched alkanes of at least 4 members (excludes halogenated alkanes) is 3. The number of nitrogens with two attached hydrogens (primary N) is 1. The van der Waals surface area contributed by atoms with Crippen molar-refractivity contribution in [2.75, 3.05) is 33.1 Å². The van der Waals surface area contributed by atoms with E-state index < -0.39 is 58.0 Å². The van der Waals surface area contributed by atoms with E-state index in [-0.39, 0.29) is 29.7 Å². The lowest BCUT2D eigenvalue weighted by Gasteiger charge is -2.50. The fraction of sp³-hybridized carbons (Fsp3) is 0.552. The Balaban J connectivity index is 1.92. The number of hydrogen-bond donors (Lipinski definition) is 5. The molecule has 0 radical (unpaired) electrons. The summed E-state index contributed by atoms with van der Waals surface area (Å²) in [5, 5.41) is 45.6. The number of carbonyl (C=O) groups is 3. The Morgan fingerprint density at radius 2 is 1.77 bits per heavy atom. The zero-order chi connectivity index (χ0) is 29.0. The second kappa shape index (κ2) is 10.3. The molecule has 1 saturated carbocycles. The number of fused-ring (bicyclic) bond motifs is 3. The molecule has 4 atom stereocenters. The molecule has 0 heterocycles. The van der Waals surface area contributed by atoms with Gasteiger partial charge in [-0.2, -0.15) is 0 Å². The van der Waals surface area contributed by atoms with Gasteiger partial charge in [0.2, 0.25) is 5.78 Å². The van der Waals surface area contributed by atoms with E-state index in [0.29, 0.717) is 17.5 Å². The summed E-state index contributed by atoms with van der Waals surface area (Å²) in [7, 11) is 6.89. The highest BCUT2D eigenvalue weighted by atomic mass is 16.3. The summed E-state index contributed by atoms with van der Waals surface area (Å²) in [6, 6.07) is 0.814. The summed E-state index contributed by atoms with van der Waals surface area (Å²) in [5.41, 5.74) is 4.05. The van der Waals surface area contributed by atoms with E-state index in [1.165, 1.54) is 4.90 Å². The first kappa shape index (κ1) is 28.6. The number of aryl methyl sites for hydroxylation is 1. The van der Waals surface area contributed by atoms with E-state index in [1.54, 1.807) is 14.1 Å². The van der Waals surface area contributed by atoms with Gasteiger partial charge < -0.3 is 31.1 Å². The highest BCUT2D eigenvalue weighted by Crippen LogP contribution is 2.54. The molecule has 6 N–H and O–H groups in total. The first-order valence-corrected chi connectivity index (χ1v) is 13.5. The van der Waals surface area contributed by atoms with Crippen molar-refractivity contribution in [1.82, 2.24) is 4.90 Å². The van der Waals surface area contributed by atoms with E-state index in [1.807, 2.05) is 25.1 Å². The molecule has 1 fully saturated rings. The number of phenols is 1. The minimum atomic E-state index is -2.64. The smallest absolute Gasteiger partial charge is 0.255 e. The molecule has 10 nitrogen and oxygen atoms in total. The highest BCUT2D eigenvalue weighted by Gasteiger charge is 2.64. The Morgan fingerprint density at radius 3 is 2.33 bits per heavy atom. The average Bonchev–Trinajstić information content (AvgIpc) is 2.84. The molecule has 0 aromatic heterocycles. The Hall–Kier alpha value is -3.37. The second-order valence-electron chi connectivity index (χ2n) is 11.4. The molecule has 3 aliphatic rings. The SMILES string of the molecule is CCCCCCc1cc(N(C)C)c2c(c1O)C(O)=C1C(=O)[C@]3(O)C(O)=C(C(N)=O)C(=O)[C@H](N(C)C)[C@@H]3C[C@@H]1C2. The van der Waals surface area contributed by atoms with Crippen LogP contribution >= 0.6 is 0 Å². The van der Waals surface area contributed by atoms with Crippen molar-refractivity contribution in [3.8, 4) is 5.75 Å². The molecule has 3 aliphatic carbocycles. The van der Waals surface area contributed by atoms with Crippen LogP contribution in [0.25, 0.3) is 5.76 Å². The number of phenolic OH excluding ortho intramolecular Hbond substituents is 1. The van der Waals surface area contributed by atoms with Gasteiger partial charge in [-0.15, -0.1) is 0 Å². The van der Waals surface area contributed by atoms with Crippen LogP contribution in [0.4, 0.5) is 5.69 Å². The molecule has 212 valence electrons. The molecular formula is C29H39N3O7. The fourth-order valence-electron chi connectivity index (χ4n) is 6.68. The van der Waals surface area contributed by atoms with Crippen LogP contribution < -0.4 is 10.6 Å². The molecule has 4 rings (SSSR count). The van der Waals surface area contributed by atoms with Crippen molar-refractivity contribution in [1.29, 1.82) is 0 Å². The van der Waals surface area contributed by atoms with Crippen LogP contribution in [0.15, 0.2) is 23.0 Å². The van der Waals surface area contributed by atoms with Crippen molar-refractivity contribution in [3.05, 3.63) is 39.7 Å². The lowest BCUT2D eigenvalue weighted by molar-refractivity contribution is -0.153. The third kappa shape index (κ3) is 4.30. The van der Waals surface area contributed by atoms with Crippen LogP contribution in [0.1, 0.15) is 55.7 Å². The van der Waals surface area contributed by atoms with Gasteiger partial charge in [0.25, 0.3) is 5.91 Å². The lowest BCUT2D eigenvalue weighted by Crippen LogP contribution is -2.65. The Kier molecular flexibility index (Phi) is 7.57. The largest absolute Gasteiger partial charge is 0.508 e. The summed E-state index contributed by atoms with van der Waals surface area (Å²) in [6.45, 7) is 2.11. The molecule has 0 spiro atoms. The van der Waals surface area contributed by atoms with E-state index in [2.05, 4.69) is 6.92 Å². The van der Waals surface area contributed by atoms with E-state index >= 15 is 0 Å². The molecule has 0 saturated heterocycles. The van der Waals surface area contributed by atoms with Crippen molar-refractivity contribution in [2.24, 2.45) is 17.6 Å². The number of anilines is 1. The Morgan fingerprint density at radius 1 is 1.10 bits per heavy atom. The van der Waals surface area contributed by atoms with Crippen LogP contribution in [0.5, 0.6) is 5.75 Å². The van der Waals surface area contributed by atoms with Gasteiger partial charge in [-0.1, -0.05) is 26.2 Å². The summed E-state index contributed by atoms with van der Waals surface area (Å²) in [4.78, 5) is 42.7. The first-order chi connectivity index (χ1) is 18.3. The number of aliphatic hydroxyl groups excluding tert-OH is 2. The Bertz CT molecular complexity index is 1300. The van der Waals surface area contributed by atoms with E-state index in [4.69, 9.17) is 5.73 Å². The number of primary amides is 1. The second-order valence-corrected chi connectivity index (χ2v) is 11.4. The number of hydrogen-bond acceptors (Lipinski definition) is 9. The van der Waals surface area contributed by atoms with Crippen LogP contribution in [-0.2, 0) is 27.2 Å². The Labute approximate surface area is 228 Å². The van der Waals surface area contributed by atoms with Crippen molar-refractivity contribution < 1.29 is 34.8 Å². The maximum absolute atomic E-state index is 14.0. The van der Waals surface area contributed by atoms with Gasteiger partial charge >= 0.3 is 0 Å². The summed E-state index contributed by atoms with van der Waals surface area (Å²) < 4.78 is 0. The minimum absolute atomic E-state index is 0.0676. The van der Waals surface area contributed by atoms with Gasteiger partial charge in [-0.25, -0.2) is 0 Å². The molecule has 0 aliphatic heterocycles. The number of carbonyl (C=O) groups excluding carboxylic acids is 3. The van der Waals surface area contributed by atoms with Crippen LogP contribution in [0.3, 0.4) is 0 Å². The maximum Gasteiger partial charge on any atom is 0.255 e. The zero-order valence-corrected chi connectivity index (χ0v) is 23.2. The number of amides is 1. The van der Waals surface area contributed by atoms with E-state index in [9.17, 15) is 34.8 Å². The lowest BCUT2D eigenvalue weighted by atomic mass is 9.57. The third-order valence-electron chi connectivity index (χ3n) is 8.56. The van der Waals surface area contributed by atoms with Crippen LogP contribution in [-0.4, -0.2) is 82.6 Å². The third-order valence-corrected chi connectivity index (χ3v) is 8.56. The number of benzene rings is 1. The predicted octanol–water partition coefficient (Wildman–Crippen LogP) is 2.15. The number of likely N-dealkylation sites (N-methyl/N-ethyl adjacent to an activating group) is 1. The number of rotatable bonds is 8. The molecular weight excluding hydrogens is 502 g/mol. The number of Topliss-reactive ketones (excluding diaryl/α,β-unsaturated/α-hetero) is 2. The van der Waals surface area contributed by atoms with Gasteiger partial charge in [0.1, 0.15) is 22.8 Å². The van der Waals surface area contributed by atoms with Crippen LogP contribution in [0, 0.1) is 11.8 Å². The minimum Gasteiger partial charge on any atom is -0.508 e. The summed E-state index contributed by atoms with van der Waals surface area (Å²) >= 11 is 0. The van der Waals surface area contributed by atoms with E-state index in [0.717, 1.165) is 31.4 Å². The summed E-state index contributed by atoms with van der Waals surface area (Å²) in [5.74, 6) is -6.35. The van der Waals surface area contributed by atoms with Crippen LogP contribution in [0.2, 0.25) is 0 Å². The topological polar surface area (TPSA) is 165 Å². The number of ketones is 2. The predicted molar refractivity (Wildman–Crippen MR) is 146 cm³/mol. The monoisotopic (exact) mass is 541 g/mol. The van der Waals surface area contributed by atoms with Crippen molar-refractivity contribution in [3.63, 3.8) is 0 Å². The molecule has 1 amide bonds. The van der Waals surface area contributed by atoms with Crippen molar-refractivity contribution in [2.45, 2.75) is 63.5 Å². The average molecular weight is 542 g/mol. The van der Waals surface area contributed by atoms with Gasteiger partial charge in [-0.05, 0) is 62.9 Å². The number of nitrogens with zero attached hydrogens (tertiary/aromatic N) is 2. The van der Waals surface area contributed by atoms with Gasteiger partial charge in [0, 0.05) is 31.3 Å². The maximum atomic E-state index is 14.0. The number of aromatic hydroxyl groups is 1. The van der Waals surface area contributed by atoms with Gasteiger partial charge in [-0.3, -0.25) is 19.3 Å². The molecule has 10 heteroatoms.